The molecule has 0 saturated carbocycles. The molecular weight excluding hydrogens is 445 g/mol. The molecule has 0 aliphatic carbocycles. The molecule has 0 bridgehead atoms. The number of hydrogen-bond donors (Lipinski definition) is 1. The highest BCUT2D eigenvalue weighted by Crippen LogP contribution is 2.25. The van der Waals surface area contributed by atoms with E-state index in [1.54, 1.807) is 28.9 Å². The van der Waals surface area contributed by atoms with Crippen molar-refractivity contribution in [3.05, 3.63) is 75.9 Å². The lowest BCUT2D eigenvalue weighted by Crippen LogP contribution is -2.35. The van der Waals surface area contributed by atoms with Crippen molar-refractivity contribution in [1.29, 1.82) is 0 Å². The van der Waals surface area contributed by atoms with Gasteiger partial charge in [0.1, 0.15) is 5.82 Å². The van der Waals surface area contributed by atoms with Gasteiger partial charge in [-0.05, 0) is 42.8 Å². The van der Waals surface area contributed by atoms with Crippen LogP contribution in [-0.4, -0.2) is 56.0 Å². The number of aromatic nitrogens is 5. The highest BCUT2D eigenvalue weighted by Gasteiger charge is 2.20. The van der Waals surface area contributed by atoms with Crippen LogP contribution in [0.1, 0.15) is 22.5 Å². The Kier molecular flexibility index (Phi) is 6.17. The summed E-state index contributed by atoms with van der Waals surface area (Å²) in [6, 6.07) is 10.3. The van der Waals surface area contributed by atoms with E-state index in [0.717, 1.165) is 35.7 Å². The number of nitrogens with one attached hydrogen (secondary N) is 1. The van der Waals surface area contributed by atoms with Gasteiger partial charge in [0.15, 0.2) is 17.3 Å². The first-order valence-corrected chi connectivity index (χ1v) is 11.1. The third kappa shape index (κ3) is 4.80. The predicted molar refractivity (Wildman–Crippen MR) is 123 cm³/mol. The van der Waals surface area contributed by atoms with Gasteiger partial charge in [-0.3, -0.25) is 4.90 Å². The number of ether oxygens (including phenoxy) is 1. The predicted octanol–water partition coefficient (Wildman–Crippen LogP) is 3.79. The maximum atomic E-state index is 14.5. The first-order valence-electron chi connectivity index (χ1n) is 10.7. The number of aryl methyl sites for hydroxylation is 1. The Morgan fingerprint density at radius 1 is 1.12 bits per heavy atom. The average molecular weight is 468 g/mol. The summed E-state index contributed by atoms with van der Waals surface area (Å²) in [7, 11) is 0. The Labute approximate surface area is 195 Å². The second-order valence-corrected chi connectivity index (χ2v) is 8.41. The summed E-state index contributed by atoms with van der Waals surface area (Å²) in [5.41, 5.74) is 3.93. The van der Waals surface area contributed by atoms with E-state index in [2.05, 4.69) is 20.4 Å². The normalized spacial score (nSPS) is 14.6. The van der Waals surface area contributed by atoms with Crippen LogP contribution in [0.4, 0.5) is 16.0 Å². The number of rotatable bonds is 6. The summed E-state index contributed by atoms with van der Waals surface area (Å²) in [6.07, 6.45) is 1.96. The fraction of sp³-hybridized carbons (Fsp3) is 0.304. The van der Waals surface area contributed by atoms with Crippen LogP contribution in [0.3, 0.4) is 0 Å². The van der Waals surface area contributed by atoms with Crippen molar-refractivity contribution in [2.75, 3.05) is 31.6 Å². The smallest absolute Gasteiger partial charge is 0.158 e. The fourth-order valence-electron chi connectivity index (χ4n) is 3.96. The molecule has 170 valence electrons. The summed E-state index contributed by atoms with van der Waals surface area (Å²) in [6.45, 7) is 5.75. The molecule has 4 heterocycles. The van der Waals surface area contributed by atoms with Crippen LogP contribution >= 0.6 is 11.6 Å². The molecule has 33 heavy (non-hydrogen) atoms. The Morgan fingerprint density at radius 2 is 1.97 bits per heavy atom. The molecule has 0 unspecified atom stereocenters. The number of hydrogen-bond acceptors (Lipinski definition) is 7. The quantitative estimate of drug-likeness (QED) is 0.462. The van der Waals surface area contributed by atoms with Crippen molar-refractivity contribution in [3.8, 4) is 0 Å². The molecule has 0 atom stereocenters. The molecule has 3 aromatic heterocycles. The monoisotopic (exact) mass is 467 g/mol. The minimum Gasteiger partial charge on any atom is -0.379 e. The summed E-state index contributed by atoms with van der Waals surface area (Å²) in [5, 5.41) is 16.4. The maximum absolute atomic E-state index is 14.5. The van der Waals surface area contributed by atoms with E-state index in [9.17, 15) is 4.39 Å². The molecule has 10 heteroatoms. The molecule has 0 spiro atoms. The van der Waals surface area contributed by atoms with Crippen molar-refractivity contribution in [3.63, 3.8) is 0 Å². The fourth-order valence-corrected chi connectivity index (χ4v) is 4.12. The molecule has 0 radical (unpaired) electrons. The molecule has 1 aliphatic heterocycles. The summed E-state index contributed by atoms with van der Waals surface area (Å²) >= 11 is 5.93. The molecule has 4 aromatic rings. The van der Waals surface area contributed by atoms with E-state index in [0.29, 0.717) is 48.4 Å². The van der Waals surface area contributed by atoms with E-state index in [4.69, 9.17) is 26.4 Å². The van der Waals surface area contributed by atoms with Gasteiger partial charge in [0, 0.05) is 42.8 Å². The molecule has 1 aliphatic rings. The molecule has 5 rings (SSSR count). The number of fused-ring (bicyclic) bond motifs is 1. The van der Waals surface area contributed by atoms with Gasteiger partial charge < -0.3 is 10.1 Å². The first-order chi connectivity index (χ1) is 16.1. The van der Waals surface area contributed by atoms with E-state index in [1.807, 2.05) is 19.1 Å². The van der Waals surface area contributed by atoms with Crippen molar-refractivity contribution >= 4 is 28.9 Å². The summed E-state index contributed by atoms with van der Waals surface area (Å²) < 4.78 is 21.8. The largest absolute Gasteiger partial charge is 0.379 e. The van der Waals surface area contributed by atoms with Crippen LogP contribution in [0.25, 0.3) is 5.65 Å². The zero-order chi connectivity index (χ0) is 22.8. The van der Waals surface area contributed by atoms with Crippen molar-refractivity contribution < 1.29 is 9.13 Å². The Balaban J connectivity index is 1.57. The molecule has 1 fully saturated rings. The van der Waals surface area contributed by atoms with Crippen LogP contribution < -0.4 is 5.32 Å². The number of nitrogens with zero attached hydrogens (tertiary/aromatic N) is 6. The Bertz CT molecular complexity index is 1280. The van der Waals surface area contributed by atoms with Crippen LogP contribution in [-0.2, 0) is 17.7 Å². The maximum Gasteiger partial charge on any atom is 0.158 e. The second-order valence-electron chi connectivity index (χ2n) is 7.97. The SMILES string of the molecule is Cc1nc2c(CN3CCOCC3)cc(Nc3cccnn3)nn2c1Cc1ccc(Cl)cc1F. The van der Waals surface area contributed by atoms with Crippen LogP contribution in [0, 0.1) is 12.7 Å². The molecule has 1 N–H and O–H groups in total. The zero-order valence-electron chi connectivity index (χ0n) is 18.1. The van der Waals surface area contributed by atoms with Gasteiger partial charge >= 0.3 is 0 Å². The number of imidazole rings is 1. The topological polar surface area (TPSA) is 80.5 Å². The number of halogens is 2. The minimum absolute atomic E-state index is 0.342. The molecule has 1 saturated heterocycles. The third-order valence-corrected chi connectivity index (χ3v) is 5.89. The third-order valence-electron chi connectivity index (χ3n) is 5.65. The average Bonchev–Trinajstić information content (AvgIpc) is 3.12. The van der Waals surface area contributed by atoms with Crippen molar-refractivity contribution in [2.45, 2.75) is 19.9 Å². The lowest BCUT2D eigenvalue weighted by atomic mass is 10.1. The van der Waals surface area contributed by atoms with Crippen LogP contribution in [0.2, 0.25) is 5.02 Å². The number of anilines is 2. The highest BCUT2D eigenvalue weighted by molar-refractivity contribution is 6.30. The molecule has 1 aromatic carbocycles. The minimum atomic E-state index is -0.348. The lowest BCUT2D eigenvalue weighted by Gasteiger charge is -2.26. The highest BCUT2D eigenvalue weighted by atomic mass is 35.5. The number of benzene rings is 1. The van der Waals surface area contributed by atoms with Gasteiger partial charge in [-0.2, -0.15) is 5.10 Å². The van der Waals surface area contributed by atoms with Gasteiger partial charge in [0.25, 0.3) is 0 Å². The molecule has 8 nitrogen and oxygen atoms in total. The molecule has 0 amide bonds. The van der Waals surface area contributed by atoms with Crippen molar-refractivity contribution in [1.82, 2.24) is 29.7 Å². The van der Waals surface area contributed by atoms with Gasteiger partial charge in [0.05, 0.1) is 24.6 Å². The van der Waals surface area contributed by atoms with E-state index >= 15 is 0 Å². The number of morpholine rings is 1. The van der Waals surface area contributed by atoms with Gasteiger partial charge in [-0.15, -0.1) is 10.2 Å². The Morgan fingerprint density at radius 3 is 2.73 bits per heavy atom. The standard InChI is InChI=1S/C23H23ClFN7O/c1-15-20(11-16-4-5-18(24)13-19(16)25)32-23(27-15)17(14-31-7-9-33-10-8-31)12-22(30-32)28-21-3-2-6-26-29-21/h2-6,12-13H,7-11,14H2,1H3,(H,28,29,30). The van der Waals surface area contributed by atoms with E-state index in [1.165, 1.54) is 6.07 Å². The lowest BCUT2D eigenvalue weighted by molar-refractivity contribution is 0.0343. The molecular formula is C23H23ClFN7O. The van der Waals surface area contributed by atoms with Crippen LogP contribution in [0.5, 0.6) is 0 Å². The van der Waals surface area contributed by atoms with E-state index in [-0.39, 0.29) is 5.82 Å². The van der Waals surface area contributed by atoms with Crippen LogP contribution in [0.15, 0.2) is 42.6 Å². The van der Waals surface area contributed by atoms with Gasteiger partial charge in [-0.25, -0.2) is 13.9 Å². The van der Waals surface area contributed by atoms with Crippen molar-refractivity contribution in [2.24, 2.45) is 0 Å². The van der Waals surface area contributed by atoms with Gasteiger partial charge in [-0.1, -0.05) is 17.7 Å². The Hall–Kier alpha value is -3.14. The summed E-state index contributed by atoms with van der Waals surface area (Å²) in [4.78, 5) is 7.14. The second kappa shape index (κ2) is 9.38. The van der Waals surface area contributed by atoms with Gasteiger partial charge in [0.2, 0.25) is 0 Å². The summed E-state index contributed by atoms with van der Waals surface area (Å²) in [5.74, 6) is 0.851. The van der Waals surface area contributed by atoms with E-state index < -0.39 is 0 Å². The zero-order valence-corrected chi connectivity index (χ0v) is 18.9. The first kappa shape index (κ1) is 21.7.